The first-order valence-corrected chi connectivity index (χ1v) is 5.43. The molecule has 0 aliphatic heterocycles. The minimum absolute atomic E-state index is 0.168. The predicted octanol–water partition coefficient (Wildman–Crippen LogP) is 2.70. The van der Waals surface area contributed by atoms with Gasteiger partial charge in [0, 0.05) is 5.38 Å². The molecule has 1 heterocycles. The Balaban J connectivity index is 1.86. The average molecular weight is 196 g/mol. The highest BCUT2D eigenvalue weighted by Crippen LogP contribution is 2.29. The summed E-state index contributed by atoms with van der Waals surface area (Å²) in [4.78, 5) is 11.4. The average Bonchev–Trinajstić information content (AvgIpc) is 2.53. The number of thiophene rings is 1. The standard InChI is InChI=1S/C10H12O2S/c1-7-4-9(5-7)12-10(11)8-2-3-13-6-8/h2-3,6-7,9H,4-5H2,1H3. The fourth-order valence-corrected chi connectivity index (χ4v) is 2.15. The molecule has 0 radical (unpaired) electrons. The lowest BCUT2D eigenvalue weighted by Crippen LogP contribution is -2.31. The van der Waals surface area contributed by atoms with Crippen molar-refractivity contribution in [2.24, 2.45) is 5.92 Å². The maximum Gasteiger partial charge on any atom is 0.339 e. The molecule has 0 aromatic carbocycles. The molecule has 0 atom stereocenters. The second kappa shape index (κ2) is 3.50. The van der Waals surface area contributed by atoms with E-state index >= 15 is 0 Å². The molecule has 1 aromatic heterocycles. The van der Waals surface area contributed by atoms with Crippen LogP contribution in [0.3, 0.4) is 0 Å². The molecule has 0 saturated heterocycles. The zero-order valence-corrected chi connectivity index (χ0v) is 8.34. The summed E-state index contributed by atoms with van der Waals surface area (Å²) in [5.74, 6) is 0.554. The summed E-state index contributed by atoms with van der Waals surface area (Å²) in [5.41, 5.74) is 0.685. The number of carbonyl (C=O) groups is 1. The zero-order valence-electron chi connectivity index (χ0n) is 7.53. The molecule has 2 rings (SSSR count). The minimum Gasteiger partial charge on any atom is -0.459 e. The second-order valence-electron chi connectivity index (χ2n) is 3.62. The lowest BCUT2D eigenvalue weighted by Gasteiger charge is -2.31. The van der Waals surface area contributed by atoms with Gasteiger partial charge in [-0.05, 0) is 30.2 Å². The van der Waals surface area contributed by atoms with Crippen molar-refractivity contribution >= 4 is 17.3 Å². The highest BCUT2D eigenvalue weighted by molar-refractivity contribution is 7.08. The van der Waals surface area contributed by atoms with E-state index in [1.54, 1.807) is 6.07 Å². The summed E-state index contributed by atoms with van der Waals surface area (Å²) >= 11 is 1.52. The van der Waals surface area contributed by atoms with Crippen molar-refractivity contribution in [3.05, 3.63) is 22.4 Å². The molecule has 1 saturated carbocycles. The van der Waals surface area contributed by atoms with Gasteiger partial charge in [0.05, 0.1) is 5.56 Å². The van der Waals surface area contributed by atoms with E-state index in [9.17, 15) is 4.79 Å². The third-order valence-electron chi connectivity index (χ3n) is 2.36. The number of ether oxygens (including phenoxy) is 1. The van der Waals surface area contributed by atoms with E-state index in [-0.39, 0.29) is 12.1 Å². The molecule has 1 aliphatic rings. The molecule has 0 amide bonds. The normalized spacial score (nSPS) is 26.5. The lowest BCUT2D eigenvalue weighted by molar-refractivity contribution is -0.00728. The van der Waals surface area contributed by atoms with Gasteiger partial charge < -0.3 is 4.74 Å². The Hall–Kier alpha value is -0.830. The molecule has 3 heteroatoms. The molecular weight excluding hydrogens is 184 g/mol. The summed E-state index contributed by atoms with van der Waals surface area (Å²) in [6, 6.07) is 1.80. The van der Waals surface area contributed by atoms with Crippen LogP contribution in [0.4, 0.5) is 0 Å². The number of esters is 1. The molecule has 1 aliphatic carbocycles. The monoisotopic (exact) mass is 196 g/mol. The number of hydrogen-bond donors (Lipinski definition) is 0. The maximum atomic E-state index is 11.4. The fraction of sp³-hybridized carbons (Fsp3) is 0.500. The molecule has 0 unspecified atom stereocenters. The van der Waals surface area contributed by atoms with Crippen LogP contribution in [0.5, 0.6) is 0 Å². The van der Waals surface area contributed by atoms with E-state index in [4.69, 9.17) is 4.74 Å². The van der Waals surface area contributed by atoms with Crippen molar-refractivity contribution in [3.8, 4) is 0 Å². The molecule has 1 fully saturated rings. The molecule has 0 spiro atoms. The Labute approximate surface area is 81.5 Å². The van der Waals surface area contributed by atoms with E-state index < -0.39 is 0 Å². The van der Waals surface area contributed by atoms with E-state index in [2.05, 4.69) is 6.92 Å². The molecule has 1 aromatic rings. The molecule has 70 valence electrons. The van der Waals surface area contributed by atoms with E-state index in [1.165, 1.54) is 11.3 Å². The molecule has 2 nitrogen and oxygen atoms in total. The van der Waals surface area contributed by atoms with Gasteiger partial charge in [-0.2, -0.15) is 11.3 Å². The quantitative estimate of drug-likeness (QED) is 0.680. The van der Waals surface area contributed by atoms with Gasteiger partial charge in [0.2, 0.25) is 0 Å². The topological polar surface area (TPSA) is 26.3 Å². The molecule has 0 N–H and O–H groups in total. The summed E-state index contributed by atoms with van der Waals surface area (Å²) < 4.78 is 5.27. The van der Waals surface area contributed by atoms with Gasteiger partial charge in [-0.15, -0.1) is 0 Å². The second-order valence-corrected chi connectivity index (χ2v) is 4.40. The van der Waals surface area contributed by atoms with Gasteiger partial charge in [0.15, 0.2) is 0 Å². The van der Waals surface area contributed by atoms with E-state index in [0.29, 0.717) is 5.56 Å². The maximum absolute atomic E-state index is 11.4. The van der Waals surface area contributed by atoms with Crippen LogP contribution in [0.25, 0.3) is 0 Å². The summed E-state index contributed by atoms with van der Waals surface area (Å²) in [6.45, 7) is 2.18. The number of carbonyl (C=O) groups excluding carboxylic acids is 1. The van der Waals surface area contributed by atoms with E-state index in [1.807, 2.05) is 10.8 Å². The molecular formula is C10H12O2S. The highest BCUT2D eigenvalue weighted by atomic mass is 32.1. The van der Waals surface area contributed by atoms with Crippen molar-refractivity contribution in [3.63, 3.8) is 0 Å². The Morgan fingerprint density at radius 3 is 2.92 bits per heavy atom. The Kier molecular flexibility index (Phi) is 2.36. The van der Waals surface area contributed by atoms with Crippen LogP contribution in [0.1, 0.15) is 30.1 Å². The van der Waals surface area contributed by atoms with Crippen molar-refractivity contribution in [2.75, 3.05) is 0 Å². The van der Waals surface area contributed by atoms with Crippen molar-refractivity contribution in [2.45, 2.75) is 25.9 Å². The van der Waals surface area contributed by atoms with Crippen LogP contribution < -0.4 is 0 Å². The van der Waals surface area contributed by atoms with Crippen LogP contribution >= 0.6 is 11.3 Å². The smallest absolute Gasteiger partial charge is 0.339 e. The summed E-state index contributed by atoms with van der Waals surface area (Å²) in [6.07, 6.45) is 2.22. The van der Waals surface area contributed by atoms with Gasteiger partial charge in [-0.1, -0.05) is 6.92 Å². The predicted molar refractivity (Wildman–Crippen MR) is 51.9 cm³/mol. The van der Waals surface area contributed by atoms with Gasteiger partial charge >= 0.3 is 5.97 Å². The Bertz CT molecular complexity index is 286. The largest absolute Gasteiger partial charge is 0.459 e. The summed E-state index contributed by atoms with van der Waals surface area (Å²) in [7, 11) is 0. The molecule has 13 heavy (non-hydrogen) atoms. The fourth-order valence-electron chi connectivity index (χ4n) is 1.52. The lowest BCUT2D eigenvalue weighted by atomic mass is 9.84. The first-order chi connectivity index (χ1) is 6.25. The van der Waals surface area contributed by atoms with Crippen molar-refractivity contribution in [1.82, 2.24) is 0 Å². The third kappa shape index (κ3) is 1.91. The van der Waals surface area contributed by atoms with Gasteiger partial charge in [0.25, 0.3) is 0 Å². The van der Waals surface area contributed by atoms with Gasteiger partial charge in [-0.3, -0.25) is 0 Å². The van der Waals surface area contributed by atoms with Gasteiger partial charge in [0.1, 0.15) is 6.10 Å². The first kappa shape index (κ1) is 8.75. The SMILES string of the molecule is CC1CC(OC(=O)c2ccsc2)C1. The van der Waals surface area contributed by atoms with Crippen LogP contribution in [0, 0.1) is 5.92 Å². The van der Waals surface area contributed by atoms with Crippen LogP contribution in [-0.4, -0.2) is 12.1 Å². The number of rotatable bonds is 2. The zero-order chi connectivity index (χ0) is 9.26. The van der Waals surface area contributed by atoms with Crippen LogP contribution in [0.15, 0.2) is 16.8 Å². The summed E-state index contributed by atoms with van der Waals surface area (Å²) in [5, 5.41) is 3.71. The highest BCUT2D eigenvalue weighted by Gasteiger charge is 2.28. The molecule has 0 bridgehead atoms. The van der Waals surface area contributed by atoms with Gasteiger partial charge in [-0.25, -0.2) is 4.79 Å². The number of hydrogen-bond acceptors (Lipinski definition) is 3. The Morgan fingerprint density at radius 1 is 1.62 bits per heavy atom. The third-order valence-corrected chi connectivity index (χ3v) is 3.04. The van der Waals surface area contributed by atoms with Crippen molar-refractivity contribution < 1.29 is 9.53 Å². The van der Waals surface area contributed by atoms with Crippen LogP contribution in [0.2, 0.25) is 0 Å². The van der Waals surface area contributed by atoms with E-state index in [0.717, 1.165) is 18.8 Å². The first-order valence-electron chi connectivity index (χ1n) is 4.49. The minimum atomic E-state index is -0.168. The van der Waals surface area contributed by atoms with Crippen LogP contribution in [-0.2, 0) is 4.74 Å². The Morgan fingerprint density at radius 2 is 2.38 bits per heavy atom. The van der Waals surface area contributed by atoms with Crippen molar-refractivity contribution in [1.29, 1.82) is 0 Å².